The number of aliphatic hydroxyl groups excluding tert-OH is 1. The molecule has 2 atom stereocenters. The Morgan fingerprint density at radius 1 is 1.39 bits per heavy atom. The van der Waals surface area contributed by atoms with Gasteiger partial charge in [0.25, 0.3) is 0 Å². The fourth-order valence-electron chi connectivity index (χ4n) is 3.14. The molecule has 1 heterocycles. The Kier molecular flexibility index (Phi) is 6.86. The van der Waals surface area contributed by atoms with Gasteiger partial charge in [-0.15, -0.1) is 0 Å². The van der Waals surface area contributed by atoms with Gasteiger partial charge in [-0.05, 0) is 50.4 Å². The molecule has 0 radical (unpaired) electrons. The van der Waals surface area contributed by atoms with Gasteiger partial charge in [-0.3, -0.25) is 9.69 Å². The molecule has 1 fully saturated rings. The summed E-state index contributed by atoms with van der Waals surface area (Å²) in [5, 5.41) is 12.8. The zero-order chi connectivity index (χ0) is 16.7. The third kappa shape index (κ3) is 5.52. The van der Waals surface area contributed by atoms with Crippen molar-refractivity contribution in [3.05, 3.63) is 29.8 Å². The first-order valence-corrected chi connectivity index (χ1v) is 8.42. The lowest BCUT2D eigenvalue weighted by molar-refractivity contribution is -0.123. The third-order valence-electron chi connectivity index (χ3n) is 4.46. The lowest BCUT2D eigenvalue weighted by atomic mass is 9.98. The van der Waals surface area contributed by atoms with Crippen molar-refractivity contribution in [3.63, 3.8) is 0 Å². The Labute approximate surface area is 138 Å². The molecule has 1 aliphatic rings. The summed E-state index contributed by atoms with van der Waals surface area (Å²) in [6, 6.07) is 7.99. The summed E-state index contributed by atoms with van der Waals surface area (Å²) in [7, 11) is 1.65. The zero-order valence-corrected chi connectivity index (χ0v) is 14.1. The van der Waals surface area contributed by atoms with E-state index < -0.39 is 0 Å². The second kappa shape index (κ2) is 8.89. The molecular formula is C18H28N2O3. The van der Waals surface area contributed by atoms with Crippen LogP contribution in [0, 0.1) is 0 Å². The number of hydrogen-bond acceptors (Lipinski definition) is 4. The number of nitrogens with zero attached hydrogens (tertiary/aromatic N) is 1. The molecule has 1 aromatic carbocycles. The monoisotopic (exact) mass is 320 g/mol. The SMILES string of the molecule is COc1ccc(CCNC(=O)CN2CCCCC2C(C)O)cc1. The average Bonchev–Trinajstić information content (AvgIpc) is 2.56. The summed E-state index contributed by atoms with van der Waals surface area (Å²) in [4.78, 5) is 14.2. The van der Waals surface area contributed by atoms with E-state index in [0.717, 1.165) is 38.0 Å². The fourth-order valence-corrected chi connectivity index (χ4v) is 3.14. The number of rotatable bonds is 7. The molecule has 2 N–H and O–H groups in total. The number of likely N-dealkylation sites (tertiary alicyclic amines) is 1. The summed E-state index contributed by atoms with van der Waals surface area (Å²) < 4.78 is 5.13. The van der Waals surface area contributed by atoms with Crippen LogP contribution >= 0.6 is 0 Å². The normalized spacial score (nSPS) is 20.0. The van der Waals surface area contributed by atoms with Crippen molar-refractivity contribution in [2.75, 3.05) is 26.7 Å². The van der Waals surface area contributed by atoms with Crippen LogP contribution in [0.15, 0.2) is 24.3 Å². The highest BCUT2D eigenvalue weighted by atomic mass is 16.5. The largest absolute Gasteiger partial charge is 0.497 e. The van der Waals surface area contributed by atoms with Gasteiger partial charge < -0.3 is 15.2 Å². The fraction of sp³-hybridized carbons (Fsp3) is 0.611. The van der Waals surface area contributed by atoms with Gasteiger partial charge in [0.1, 0.15) is 5.75 Å². The number of carbonyl (C=O) groups is 1. The molecule has 1 amide bonds. The summed E-state index contributed by atoms with van der Waals surface area (Å²) in [5.41, 5.74) is 1.17. The van der Waals surface area contributed by atoms with Gasteiger partial charge >= 0.3 is 0 Å². The highest BCUT2D eigenvalue weighted by Crippen LogP contribution is 2.19. The molecule has 2 rings (SSSR count). The van der Waals surface area contributed by atoms with Crippen LogP contribution in [0.1, 0.15) is 31.7 Å². The zero-order valence-electron chi connectivity index (χ0n) is 14.1. The van der Waals surface area contributed by atoms with Crippen LogP contribution < -0.4 is 10.1 Å². The smallest absolute Gasteiger partial charge is 0.234 e. The van der Waals surface area contributed by atoms with Crippen LogP contribution in [0.2, 0.25) is 0 Å². The minimum atomic E-state index is -0.387. The van der Waals surface area contributed by atoms with Crippen LogP contribution in [0.4, 0.5) is 0 Å². The lowest BCUT2D eigenvalue weighted by Crippen LogP contribution is -2.50. The molecule has 128 valence electrons. The van der Waals surface area contributed by atoms with E-state index in [-0.39, 0.29) is 18.1 Å². The minimum Gasteiger partial charge on any atom is -0.497 e. The van der Waals surface area contributed by atoms with Crippen LogP contribution in [0.25, 0.3) is 0 Å². The van der Waals surface area contributed by atoms with Crippen LogP contribution in [-0.4, -0.2) is 54.8 Å². The molecule has 2 unspecified atom stereocenters. The van der Waals surface area contributed by atoms with Crippen LogP contribution in [0.3, 0.4) is 0 Å². The topological polar surface area (TPSA) is 61.8 Å². The number of nitrogens with one attached hydrogen (secondary N) is 1. The van der Waals surface area contributed by atoms with E-state index >= 15 is 0 Å². The maximum atomic E-state index is 12.1. The summed E-state index contributed by atoms with van der Waals surface area (Å²) in [6.07, 6.45) is 3.61. The number of benzene rings is 1. The predicted molar refractivity (Wildman–Crippen MR) is 90.6 cm³/mol. The Morgan fingerprint density at radius 2 is 2.13 bits per heavy atom. The number of hydrogen-bond donors (Lipinski definition) is 2. The molecule has 0 spiro atoms. The van der Waals surface area contributed by atoms with E-state index in [9.17, 15) is 9.90 Å². The second-order valence-corrected chi connectivity index (χ2v) is 6.22. The van der Waals surface area contributed by atoms with Gasteiger partial charge in [-0.1, -0.05) is 18.6 Å². The highest BCUT2D eigenvalue weighted by Gasteiger charge is 2.27. The van der Waals surface area contributed by atoms with E-state index in [1.165, 1.54) is 5.56 Å². The maximum absolute atomic E-state index is 12.1. The molecule has 23 heavy (non-hydrogen) atoms. The van der Waals surface area contributed by atoms with Crippen molar-refractivity contribution in [3.8, 4) is 5.75 Å². The number of ether oxygens (including phenoxy) is 1. The summed E-state index contributed by atoms with van der Waals surface area (Å²) >= 11 is 0. The lowest BCUT2D eigenvalue weighted by Gasteiger charge is -2.36. The van der Waals surface area contributed by atoms with E-state index in [4.69, 9.17) is 4.74 Å². The molecule has 1 aliphatic heterocycles. The molecule has 1 saturated heterocycles. The van der Waals surface area contributed by atoms with Gasteiger partial charge in [0.15, 0.2) is 0 Å². The Hall–Kier alpha value is -1.59. The van der Waals surface area contributed by atoms with E-state index in [2.05, 4.69) is 10.2 Å². The quantitative estimate of drug-likeness (QED) is 0.801. The molecule has 0 saturated carbocycles. The molecule has 1 aromatic rings. The van der Waals surface area contributed by atoms with Gasteiger partial charge in [0.05, 0.1) is 19.8 Å². The molecular weight excluding hydrogens is 292 g/mol. The van der Waals surface area contributed by atoms with Crippen molar-refractivity contribution < 1.29 is 14.6 Å². The first-order valence-electron chi connectivity index (χ1n) is 8.42. The van der Waals surface area contributed by atoms with Crippen molar-refractivity contribution in [2.24, 2.45) is 0 Å². The molecule has 0 aromatic heterocycles. The first-order chi connectivity index (χ1) is 11.1. The molecule has 5 nitrogen and oxygen atoms in total. The number of piperidine rings is 1. The van der Waals surface area contributed by atoms with Gasteiger partial charge in [-0.2, -0.15) is 0 Å². The average molecular weight is 320 g/mol. The Bertz CT molecular complexity index is 488. The number of amides is 1. The van der Waals surface area contributed by atoms with Crippen molar-refractivity contribution in [2.45, 2.75) is 44.8 Å². The van der Waals surface area contributed by atoms with Crippen LogP contribution in [0.5, 0.6) is 5.75 Å². The minimum absolute atomic E-state index is 0.0334. The Balaban J connectivity index is 1.73. The van der Waals surface area contributed by atoms with Gasteiger partial charge in [0.2, 0.25) is 5.91 Å². The number of methoxy groups -OCH3 is 1. The highest BCUT2D eigenvalue weighted by molar-refractivity contribution is 5.78. The Morgan fingerprint density at radius 3 is 2.78 bits per heavy atom. The van der Waals surface area contributed by atoms with Crippen molar-refractivity contribution in [1.29, 1.82) is 0 Å². The number of carbonyl (C=O) groups excluding carboxylic acids is 1. The van der Waals surface area contributed by atoms with Crippen molar-refractivity contribution in [1.82, 2.24) is 10.2 Å². The van der Waals surface area contributed by atoms with E-state index in [0.29, 0.717) is 13.1 Å². The maximum Gasteiger partial charge on any atom is 0.234 e. The predicted octanol–water partition coefficient (Wildman–Crippen LogP) is 1.59. The molecule has 5 heteroatoms. The van der Waals surface area contributed by atoms with Crippen molar-refractivity contribution >= 4 is 5.91 Å². The number of aliphatic hydroxyl groups is 1. The summed E-state index contributed by atoms with van der Waals surface area (Å²) in [5.74, 6) is 0.873. The van der Waals surface area contributed by atoms with Gasteiger partial charge in [-0.25, -0.2) is 0 Å². The van der Waals surface area contributed by atoms with E-state index in [1.807, 2.05) is 31.2 Å². The second-order valence-electron chi connectivity index (χ2n) is 6.22. The standard InChI is InChI=1S/C18H28N2O3/c1-14(21)17-5-3-4-12-20(17)13-18(22)19-11-10-15-6-8-16(23-2)9-7-15/h6-9,14,17,21H,3-5,10-13H2,1-2H3,(H,19,22). The van der Waals surface area contributed by atoms with E-state index in [1.54, 1.807) is 7.11 Å². The first kappa shape index (κ1) is 17.8. The van der Waals surface area contributed by atoms with Crippen LogP contribution in [-0.2, 0) is 11.2 Å². The summed E-state index contributed by atoms with van der Waals surface area (Å²) in [6.45, 7) is 3.70. The molecule has 0 aliphatic carbocycles. The third-order valence-corrected chi connectivity index (χ3v) is 4.46. The molecule has 0 bridgehead atoms. The van der Waals surface area contributed by atoms with Gasteiger partial charge in [0, 0.05) is 12.6 Å².